The Kier molecular flexibility index (Phi) is 10.4. The van der Waals surface area contributed by atoms with Crippen LogP contribution in [0.2, 0.25) is 0 Å². The lowest BCUT2D eigenvalue weighted by atomic mass is 10.1. The first-order valence-corrected chi connectivity index (χ1v) is 14.3. The Morgan fingerprint density at radius 2 is 1.80 bits per heavy atom. The molecule has 0 unspecified atom stereocenters. The maximum atomic E-state index is 13.4. The van der Waals surface area contributed by atoms with Gasteiger partial charge in [-0.3, -0.25) is 9.69 Å². The van der Waals surface area contributed by atoms with E-state index >= 15 is 0 Å². The van der Waals surface area contributed by atoms with E-state index in [0.717, 1.165) is 16.9 Å². The molecule has 0 radical (unpaired) electrons. The first-order chi connectivity index (χ1) is 19.8. The summed E-state index contributed by atoms with van der Waals surface area (Å²) in [6, 6.07) is 17.5. The third-order valence-electron chi connectivity index (χ3n) is 5.92. The first-order valence-electron chi connectivity index (χ1n) is 12.7. The molecule has 1 heterocycles. The summed E-state index contributed by atoms with van der Waals surface area (Å²) in [7, 11) is 3.19. The van der Waals surface area contributed by atoms with Crippen LogP contribution in [0.4, 0.5) is 5.69 Å². The maximum absolute atomic E-state index is 13.4. The van der Waals surface area contributed by atoms with Crippen LogP contribution in [0.25, 0.3) is 6.08 Å². The zero-order valence-corrected chi connectivity index (χ0v) is 25.2. The number of ether oxygens (including phenoxy) is 4. The molecule has 1 saturated heterocycles. The summed E-state index contributed by atoms with van der Waals surface area (Å²) in [5.74, 6) is 0.585. The summed E-state index contributed by atoms with van der Waals surface area (Å²) >= 11 is 4.87. The van der Waals surface area contributed by atoms with Crippen molar-refractivity contribution in [1.29, 1.82) is 0 Å². The van der Waals surface area contributed by atoms with E-state index in [1.165, 1.54) is 23.9 Å². The smallest absolute Gasteiger partial charge is 0.335 e. The lowest BCUT2D eigenvalue weighted by Crippen LogP contribution is -2.32. The Labute approximate surface area is 250 Å². The Morgan fingerprint density at radius 3 is 2.44 bits per heavy atom. The molecule has 0 atom stereocenters. The number of carboxylic acids is 1. The van der Waals surface area contributed by atoms with Crippen LogP contribution >= 0.6 is 27.7 Å². The van der Waals surface area contributed by atoms with Crippen molar-refractivity contribution in [3.05, 3.63) is 86.7 Å². The number of halogens is 1. The standard InChI is InChI=1S/C30H29BrN2O7S/c1-4-39-25-16-20(15-24(31)27(25)40-18-19-5-7-21(8-6-19)29(35)36)17-26-28(34)33(13-14-37-2)30(41-26)32-22-9-11-23(38-3)12-10-22/h5-12,15-17H,4,13-14,18H2,1-3H3,(H,35,36)/b26-17-,32-30?. The number of carbonyl (C=O) groups is 2. The van der Waals surface area contributed by atoms with Crippen molar-refractivity contribution in [3.63, 3.8) is 0 Å². The highest BCUT2D eigenvalue weighted by Crippen LogP contribution is 2.40. The Bertz CT molecular complexity index is 1460. The van der Waals surface area contributed by atoms with Gasteiger partial charge in [-0.1, -0.05) is 12.1 Å². The predicted octanol–water partition coefficient (Wildman–Crippen LogP) is 6.38. The van der Waals surface area contributed by atoms with Crippen molar-refractivity contribution >= 4 is 56.5 Å². The Balaban J connectivity index is 1.59. The molecule has 3 aromatic carbocycles. The summed E-state index contributed by atoms with van der Waals surface area (Å²) in [4.78, 5) is 31.3. The number of carbonyl (C=O) groups excluding carboxylic acids is 1. The first kappa shape index (κ1) is 30.2. The molecule has 1 aliphatic rings. The molecule has 0 saturated carbocycles. The average Bonchev–Trinajstić information content (AvgIpc) is 3.25. The molecule has 1 N–H and O–H groups in total. The van der Waals surface area contributed by atoms with Crippen LogP contribution in [0, 0.1) is 0 Å². The van der Waals surface area contributed by atoms with Crippen LogP contribution in [0.1, 0.15) is 28.4 Å². The van der Waals surface area contributed by atoms with Gasteiger partial charge in [0.2, 0.25) is 0 Å². The number of aliphatic imine (C=N–C) groups is 1. The lowest BCUT2D eigenvalue weighted by Gasteiger charge is -2.15. The number of amidine groups is 1. The molecule has 0 aliphatic carbocycles. The van der Waals surface area contributed by atoms with Gasteiger partial charge in [-0.2, -0.15) is 0 Å². The molecule has 0 spiro atoms. The monoisotopic (exact) mass is 640 g/mol. The van der Waals surface area contributed by atoms with Crippen molar-refractivity contribution < 1.29 is 33.6 Å². The zero-order valence-electron chi connectivity index (χ0n) is 22.8. The number of aromatic carboxylic acids is 1. The second-order valence-corrected chi connectivity index (χ2v) is 10.6. The number of thioether (sulfide) groups is 1. The van der Waals surface area contributed by atoms with E-state index in [1.54, 1.807) is 37.3 Å². The van der Waals surface area contributed by atoms with Crippen LogP contribution in [-0.4, -0.2) is 61.0 Å². The van der Waals surface area contributed by atoms with Gasteiger partial charge in [0, 0.05) is 7.11 Å². The molecule has 0 aromatic heterocycles. The van der Waals surface area contributed by atoms with E-state index in [1.807, 2.05) is 43.3 Å². The summed E-state index contributed by atoms with van der Waals surface area (Å²) in [5.41, 5.74) is 2.46. The van der Waals surface area contributed by atoms with Gasteiger partial charge in [-0.15, -0.1) is 0 Å². The van der Waals surface area contributed by atoms with Crippen LogP contribution in [0.5, 0.6) is 17.2 Å². The number of amides is 1. The van der Waals surface area contributed by atoms with E-state index in [9.17, 15) is 9.59 Å². The average molecular weight is 642 g/mol. The summed E-state index contributed by atoms with van der Waals surface area (Å²) in [6.07, 6.45) is 1.80. The van der Waals surface area contributed by atoms with Gasteiger partial charge in [-0.25, -0.2) is 9.79 Å². The normalized spacial score (nSPS) is 15.0. The molecular weight excluding hydrogens is 612 g/mol. The highest BCUT2D eigenvalue weighted by molar-refractivity contribution is 9.10. The molecule has 1 fully saturated rings. The number of methoxy groups -OCH3 is 2. The quantitative estimate of drug-likeness (QED) is 0.227. The fourth-order valence-electron chi connectivity index (χ4n) is 3.86. The Morgan fingerprint density at radius 1 is 1.07 bits per heavy atom. The molecule has 3 aromatic rings. The third kappa shape index (κ3) is 7.69. The number of benzene rings is 3. The summed E-state index contributed by atoms with van der Waals surface area (Å²) in [5, 5.41) is 9.67. The van der Waals surface area contributed by atoms with E-state index in [-0.39, 0.29) is 18.1 Å². The SMILES string of the molecule is CCOc1cc(/C=C2\SC(=Nc3ccc(OC)cc3)N(CCOC)C2=O)cc(Br)c1OCc1ccc(C(=O)O)cc1. The summed E-state index contributed by atoms with van der Waals surface area (Å²) < 4.78 is 23.0. The third-order valence-corrected chi connectivity index (χ3v) is 7.51. The number of hydrogen-bond acceptors (Lipinski definition) is 8. The maximum Gasteiger partial charge on any atom is 0.335 e. The minimum absolute atomic E-state index is 0.168. The number of rotatable bonds is 12. The number of carboxylic acid groups (broad SMARTS) is 1. The van der Waals surface area contributed by atoms with Crippen LogP contribution in [0.3, 0.4) is 0 Å². The molecular formula is C30H29BrN2O7S. The minimum atomic E-state index is -0.983. The fourth-order valence-corrected chi connectivity index (χ4v) is 5.46. The van der Waals surface area contributed by atoms with Crippen LogP contribution in [0.15, 0.2) is 75.0 Å². The highest BCUT2D eigenvalue weighted by Gasteiger charge is 2.33. The van der Waals surface area contributed by atoms with Gasteiger partial charge in [-0.05, 0) is 100 Å². The number of nitrogens with zero attached hydrogens (tertiary/aromatic N) is 2. The van der Waals surface area contributed by atoms with Crippen LogP contribution < -0.4 is 14.2 Å². The van der Waals surface area contributed by atoms with E-state index < -0.39 is 5.97 Å². The molecule has 41 heavy (non-hydrogen) atoms. The summed E-state index contributed by atoms with van der Waals surface area (Å²) in [6.45, 7) is 3.23. The fraction of sp³-hybridized carbons (Fsp3) is 0.233. The second kappa shape index (κ2) is 14.2. The molecule has 1 amide bonds. The molecule has 1 aliphatic heterocycles. The second-order valence-electron chi connectivity index (χ2n) is 8.71. The van der Waals surface area contributed by atoms with Gasteiger partial charge in [0.25, 0.3) is 5.91 Å². The van der Waals surface area contributed by atoms with Crippen molar-refractivity contribution in [1.82, 2.24) is 4.90 Å². The minimum Gasteiger partial charge on any atom is -0.497 e. The van der Waals surface area contributed by atoms with Crippen molar-refractivity contribution in [2.75, 3.05) is 34.0 Å². The van der Waals surface area contributed by atoms with Gasteiger partial charge in [0.1, 0.15) is 12.4 Å². The highest BCUT2D eigenvalue weighted by atomic mass is 79.9. The van der Waals surface area contributed by atoms with Gasteiger partial charge in [0.05, 0.1) is 47.5 Å². The number of hydrogen-bond donors (Lipinski definition) is 1. The largest absolute Gasteiger partial charge is 0.497 e. The predicted molar refractivity (Wildman–Crippen MR) is 162 cm³/mol. The Hall–Kier alpha value is -3.80. The van der Waals surface area contributed by atoms with Gasteiger partial charge < -0.3 is 24.1 Å². The molecule has 4 rings (SSSR count). The zero-order chi connectivity index (χ0) is 29.4. The molecule has 0 bridgehead atoms. The van der Waals surface area contributed by atoms with Crippen molar-refractivity contribution in [2.24, 2.45) is 4.99 Å². The van der Waals surface area contributed by atoms with Gasteiger partial charge >= 0.3 is 5.97 Å². The van der Waals surface area contributed by atoms with E-state index in [0.29, 0.717) is 51.5 Å². The van der Waals surface area contributed by atoms with E-state index in [2.05, 4.69) is 15.9 Å². The van der Waals surface area contributed by atoms with Crippen LogP contribution in [-0.2, 0) is 16.1 Å². The lowest BCUT2D eigenvalue weighted by molar-refractivity contribution is -0.122. The molecule has 214 valence electrons. The molecule has 11 heteroatoms. The van der Waals surface area contributed by atoms with Crippen molar-refractivity contribution in [3.8, 4) is 17.2 Å². The van der Waals surface area contributed by atoms with Gasteiger partial charge in [0.15, 0.2) is 16.7 Å². The van der Waals surface area contributed by atoms with E-state index in [4.69, 9.17) is 29.0 Å². The topological polar surface area (TPSA) is 107 Å². The van der Waals surface area contributed by atoms with Crippen molar-refractivity contribution in [2.45, 2.75) is 13.5 Å². The molecule has 9 nitrogen and oxygen atoms in total.